The van der Waals surface area contributed by atoms with Gasteiger partial charge in [-0.3, -0.25) is 9.89 Å². The van der Waals surface area contributed by atoms with Crippen LogP contribution in [0.2, 0.25) is 0 Å². The molecule has 112 valence electrons. The Morgan fingerprint density at radius 3 is 2.57 bits per heavy atom. The van der Waals surface area contributed by atoms with E-state index < -0.39 is 16.0 Å². The molecule has 1 heterocycles. The summed E-state index contributed by atoms with van der Waals surface area (Å²) in [4.78, 5) is 11.3. The average molecular weight is 309 g/mol. The number of hydrogen-bond acceptors (Lipinski definition) is 5. The van der Waals surface area contributed by atoms with Gasteiger partial charge in [-0.15, -0.1) is 0 Å². The van der Waals surface area contributed by atoms with Gasteiger partial charge in [-0.05, 0) is 6.92 Å². The van der Waals surface area contributed by atoms with Crippen molar-refractivity contribution in [2.24, 2.45) is 5.14 Å². The quantitative estimate of drug-likeness (QED) is 0.794. The lowest BCUT2D eigenvalue weighted by Crippen LogP contribution is -2.17. The zero-order valence-corrected chi connectivity index (χ0v) is 12.2. The van der Waals surface area contributed by atoms with E-state index in [1.165, 1.54) is 0 Å². The zero-order valence-electron chi connectivity index (χ0n) is 11.4. The van der Waals surface area contributed by atoms with Gasteiger partial charge in [0, 0.05) is 5.56 Å². The van der Waals surface area contributed by atoms with Gasteiger partial charge < -0.3 is 4.74 Å². The predicted molar refractivity (Wildman–Crippen MR) is 75.7 cm³/mol. The number of ether oxygens (including phenoxy) is 1. The summed E-state index contributed by atoms with van der Waals surface area (Å²) in [6.07, 6.45) is -0.261. The number of aromatic amines is 1. The van der Waals surface area contributed by atoms with Gasteiger partial charge in [-0.1, -0.05) is 30.3 Å². The Morgan fingerprint density at radius 1 is 1.33 bits per heavy atom. The van der Waals surface area contributed by atoms with Crippen LogP contribution in [0.4, 0.5) is 0 Å². The van der Waals surface area contributed by atoms with Crippen LogP contribution >= 0.6 is 0 Å². The summed E-state index contributed by atoms with van der Waals surface area (Å²) in [6, 6.07) is 8.75. The molecular weight excluding hydrogens is 294 g/mol. The number of H-pyrrole nitrogens is 1. The molecule has 0 atom stereocenters. The van der Waals surface area contributed by atoms with Gasteiger partial charge in [-0.25, -0.2) is 13.6 Å². The molecule has 1 aromatic carbocycles. The number of benzene rings is 1. The number of aromatic nitrogens is 2. The summed E-state index contributed by atoms with van der Waals surface area (Å²) in [7, 11) is -4.03. The lowest BCUT2D eigenvalue weighted by Gasteiger charge is -2.04. The second-order valence-corrected chi connectivity index (χ2v) is 5.77. The normalized spacial score (nSPS) is 11.3. The topological polar surface area (TPSA) is 115 Å². The van der Waals surface area contributed by atoms with Crippen molar-refractivity contribution in [2.75, 3.05) is 6.61 Å². The first kappa shape index (κ1) is 15.2. The minimum atomic E-state index is -4.03. The van der Waals surface area contributed by atoms with E-state index in [0.29, 0.717) is 5.56 Å². The van der Waals surface area contributed by atoms with Gasteiger partial charge in [0.15, 0.2) is 0 Å². The van der Waals surface area contributed by atoms with Crippen molar-refractivity contribution in [1.29, 1.82) is 0 Å². The van der Waals surface area contributed by atoms with E-state index in [-0.39, 0.29) is 29.3 Å². The van der Waals surface area contributed by atoms with Gasteiger partial charge in [0.2, 0.25) is 10.0 Å². The minimum Gasteiger partial charge on any atom is -0.466 e. The van der Waals surface area contributed by atoms with E-state index in [2.05, 4.69) is 10.2 Å². The first-order chi connectivity index (χ1) is 9.93. The molecule has 2 rings (SSSR count). The fourth-order valence-electron chi connectivity index (χ4n) is 1.94. The predicted octanol–water partition coefficient (Wildman–Crippen LogP) is 0.830. The number of nitrogens with zero attached hydrogens (tertiary/aromatic N) is 1. The monoisotopic (exact) mass is 309 g/mol. The third kappa shape index (κ3) is 3.47. The minimum absolute atomic E-state index is 0.0507. The van der Waals surface area contributed by atoms with Gasteiger partial charge in [0.1, 0.15) is 4.90 Å². The maximum absolute atomic E-state index is 11.8. The molecule has 0 unspecified atom stereocenters. The third-order valence-electron chi connectivity index (χ3n) is 2.76. The van der Waals surface area contributed by atoms with Crippen LogP contribution in [0.15, 0.2) is 35.2 Å². The molecule has 3 N–H and O–H groups in total. The summed E-state index contributed by atoms with van der Waals surface area (Å²) >= 11 is 0. The molecule has 1 aromatic heterocycles. The van der Waals surface area contributed by atoms with Crippen LogP contribution in [-0.2, 0) is 26.0 Å². The van der Waals surface area contributed by atoms with Crippen LogP contribution in [0.1, 0.15) is 12.6 Å². The lowest BCUT2D eigenvalue weighted by atomic mass is 10.1. The molecule has 0 spiro atoms. The van der Waals surface area contributed by atoms with Gasteiger partial charge in [-0.2, -0.15) is 5.10 Å². The van der Waals surface area contributed by atoms with Crippen LogP contribution < -0.4 is 5.14 Å². The number of nitrogens with one attached hydrogen (secondary N) is 1. The fourth-order valence-corrected chi connectivity index (χ4v) is 2.84. The summed E-state index contributed by atoms with van der Waals surface area (Å²) < 4.78 is 28.4. The summed E-state index contributed by atoms with van der Waals surface area (Å²) in [5.74, 6) is -0.562. The van der Waals surface area contributed by atoms with Crippen molar-refractivity contribution < 1.29 is 17.9 Å². The van der Waals surface area contributed by atoms with E-state index in [0.717, 1.165) is 0 Å². The van der Waals surface area contributed by atoms with Gasteiger partial charge in [0.05, 0.1) is 24.4 Å². The largest absolute Gasteiger partial charge is 0.466 e. The van der Waals surface area contributed by atoms with Gasteiger partial charge in [0.25, 0.3) is 0 Å². The van der Waals surface area contributed by atoms with Crippen molar-refractivity contribution in [3.8, 4) is 11.3 Å². The highest BCUT2D eigenvalue weighted by Crippen LogP contribution is 2.27. The van der Waals surface area contributed by atoms with Crippen molar-refractivity contribution in [1.82, 2.24) is 10.2 Å². The average Bonchev–Trinajstić information content (AvgIpc) is 2.83. The molecule has 8 heteroatoms. The molecule has 0 fully saturated rings. The van der Waals surface area contributed by atoms with E-state index in [1.807, 2.05) is 0 Å². The summed E-state index contributed by atoms with van der Waals surface area (Å²) in [5, 5.41) is 11.8. The van der Waals surface area contributed by atoms with E-state index in [4.69, 9.17) is 9.88 Å². The number of sulfonamides is 1. The Balaban J connectivity index is 2.49. The number of rotatable bonds is 5. The Kier molecular flexibility index (Phi) is 4.39. The number of nitrogens with two attached hydrogens (primary N) is 1. The molecule has 7 nitrogen and oxygen atoms in total. The third-order valence-corrected chi connectivity index (χ3v) is 3.76. The van der Waals surface area contributed by atoms with Crippen molar-refractivity contribution >= 4 is 16.0 Å². The molecular formula is C13H15N3O4S. The van der Waals surface area contributed by atoms with Crippen LogP contribution in [0.5, 0.6) is 0 Å². The molecule has 21 heavy (non-hydrogen) atoms. The number of esters is 1. The van der Waals surface area contributed by atoms with Crippen molar-refractivity contribution in [3.05, 3.63) is 36.0 Å². The second kappa shape index (κ2) is 6.06. The SMILES string of the molecule is CCOC(=O)Cc1n[nH]c(-c2ccccc2)c1S(N)(=O)=O. The van der Waals surface area contributed by atoms with E-state index in [9.17, 15) is 13.2 Å². The molecule has 0 aliphatic carbocycles. The highest BCUT2D eigenvalue weighted by atomic mass is 32.2. The molecule has 0 bridgehead atoms. The molecule has 0 saturated heterocycles. The number of hydrogen-bond donors (Lipinski definition) is 2. The Bertz CT molecular complexity index is 738. The van der Waals surface area contributed by atoms with Crippen molar-refractivity contribution in [2.45, 2.75) is 18.2 Å². The molecule has 2 aromatic rings. The van der Waals surface area contributed by atoms with Crippen LogP contribution in [0.3, 0.4) is 0 Å². The molecule has 0 radical (unpaired) electrons. The first-order valence-electron chi connectivity index (χ1n) is 6.24. The number of carbonyl (C=O) groups excluding carboxylic acids is 1. The Morgan fingerprint density at radius 2 is 2.00 bits per heavy atom. The second-order valence-electron chi connectivity index (χ2n) is 4.27. The summed E-state index contributed by atoms with van der Waals surface area (Å²) in [6.45, 7) is 1.87. The Hall–Kier alpha value is -2.19. The molecule has 0 saturated carbocycles. The highest BCUT2D eigenvalue weighted by Gasteiger charge is 2.25. The lowest BCUT2D eigenvalue weighted by molar-refractivity contribution is -0.142. The maximum Gasteiger partial charge on any atom is 0.311 e. The fraction of sp³-hybridized carbons (Fsp3) is 0.231. The Labute approximate surface area is 122 Å². The van der Waals surface area contributed by atoms with Crippen LogP contribution in [-0.4, -0.2) is 31.2 Å². The maximum atomic E-state index is 11.8. The summed E-state index contributed by atoms with van der Waals surface area (Å²) in [5.41, 5.74) is 0.927. The standard InChI is InChI=1S/C13H15N3O4S/c1-2-20-11(17)8-10-13(21(14,18)19)12(16-15-10)9-6-4-3-5-7-9/h3-7H,2,8H2,1H3,(H,15,16)(H2,14,18,19). The van der Waals surface area contributed by atoms with Crippen LogP contribution in [0, 0.1) is 0 Å². The number of carbonyl (C=O) groups is 1. The zero-order chi connectivity index (χ0) is 15.5. The van der Waals surface area contributed by atoms with Gasteiger partial charge >= 0.3 is 5.97 Å². The highest BCUT2D eigenvalue weighted by molar-refractivity contribution is 7.89. The number of primary sulfonamides is 1. The van der Waals surface area contributed by atoms with E-state index >= 15 is 0 Å². The van der Waals surface area contributed by atoms with E-state index in [1.54, 1.807) is 37.3 Å². The molecule has 0 aliphatic heterocycles. The first-order valence-corrected chi connectivity index (χ1v) is 7.79. The smallest absolute Gasteiger partial charge is 0.311 e. The molecule has 0 amide bonds. The van der Waals surface area contributed by atoms with Crippen molar-refractivity contribution in [3.63, 3.8) is 0 Å². The molecule has 0 aliphatic rings. The van der Waals surface area contributed by atoms with Crippen LogP contribution in [0.25, 0.3) is 11.3 Å².